The van der Waals surface area contributed by atoms with Gasteiger partial charge in [-0.3, -0.25) is 4.79 Å². The quantitative estimate of drug-likeness (QED) is 0.234. The molecule has 10 heteroatoms. The van der Waals surface area contributed by atoms with Gasteiger partial charge in [-0.05, 0) is 54.9 Å². The van der Waals surface area contributed by atoms with E-state index in [1.54, 1.807) is 42.0 Å². The van der Waals surface area contributed by atoms with E-state index in [1.165, 1.54) is 23.5 Å². The van der Waals surface area contributed by atoms with Crippen molar-refractivity contribution in [2.45, 2.75) is 38.2 Å². The number of furan rings is 1. The number of halogens is 2. The van der Waals surface area contributed by atoms with Gasteiger partial charge in [0.2, 0.25) is 0 Å². The largest absolute Gasteiger partial charge is 0.467 e. The number of piperidine rings is 1. The van der Waals surface area contributed by atoms with Crippen LogP contribution in [0.25, 0.3) is 11.1 Å². The smallest absolute Gasteiger partial charge is 0.275 e. The predicted octanol–water partition coefficient (Wildman–Crippen LogP) is 7.02. The summed E-state index contributed by atoms with van der Waals surface area (Å²) in [4.78, 5) is 19.9. The van der Waals surface area contributed by atoms with Gasteiger partial charge < -0.3 is 20.0 Å². The fourth-order valence-corrected chi connectivity index (χ4v) is 5.81. The Morgan fingerprint density at radius 1 is 1.15 bits per heavy atom. The van der Waals surface area contributed by atoms with Crippen LogP contribution in [-0.4, -0.2) is 34.0 Å². The molecule has 1 amide bonds. The van der Waals surface area contributed by atoms with Crippen LogP contribution in [0.2, 0.25) is 0 Å². The van der Waals surface area contributed by atoms with Gasteiger partial charge in [0.15, 0.2) is 5.11 Å². The molecule has 5 rings (SSSR count). The third-order valence-corrected chi connectivity index (χ3v) is 8.15. The van der Waals surface area contributed by atoms with Gasteiger partial charge in [0.25, 0.3) is 11.8 Å². The first-order chi connectivity index (χ1) is 18.8. The molecule has 0 spiro atoms. The Morgan fingerprint density at radius 3 is 2.69 bits per heavy atom. The molecule has 4 aromatic rings. The highest BCUT2D eigenvalue weighted by atomic mass is 32.1. The Bertz CT molecular complexity index is 1440. The maximum absolute atomic E-state index is 13.9. The summed E-state index contributed by atoms with van der Waals surface area (Å²) in [6.45, 7) is 3.03. The normalized spacial score (nSPS) is 14.3. The van der Waals surface area contributed by atoms with E-state index in [1.807, 2.05) is 18.2 Å². The van der Waals surface area contributed by atoms with Gasteiger partial charge in [-0.15, -0.1) is 11.3 Å². The van der Waals surface area contributed by atoms with Gasteiger partial charge in [0.05, 0.1) is 17.8 Å². The number of amides is 1. The molecule has 1 aliphatic rings. The summed E-state index contributed by atoms with van der Waals surface area (Å²) in [5.41, 5.74) is 2.07. The fourth-order valence-electron chi connectivity index (χ4n) is 4.59. The number of likely N-dealkylation sites (tertiary alicyclic amines) is 1. The number of rotatable bonds is 7. The van der Waals surface area contributed by atoms with Gasteiger partial charge >= 0.3 is 0 Å². The minimum Gasteiger partial charge on any atom is -0.467 e. The zero-order valence-electron chi connectivity index (χ0n) is 21.3. The Balaban J connectivity index is 1.20. The first kappa shape index (κ1) is 27.0. The average Bonchev–Trinajstić information content (AvgIpc) is 3.65. The molecule has 0 bridgehead atoms. The van der Waals surface area contributed by atoms with Crippen LogP contribution in [0.3, 0.4) is 0 Å². The number of alkyl halides is 2. The summed E-state index contributed by atoms with van der Waals surface area (Å²) in [6.07, 6.45) is 3.42. The molecular formula is C29H28F2N4O2S2. The molecule has 1 fully saturated rings. The second-order valence-corrected chi connectivity index (χ2v) is 10.8. The van der Waals surface area contributed by atoms with Crippen LogP contribution < -0.4 is 10.6 Å². The number of carbonyl (C=O) groups excluding carboxylic acids is 1. The molecule has 1 aliphatic heterocycles. The third kappa shape index (κ3) is 6.51. The van der Waals surface area contributed by atoms with Crippen LogP contribution in [0.5, 0.6) is 0 Å². The van der Waals surface area contributed by atoms with Gasteiger partial charge in [0, 0.05) is 48.1 Å². The number of hydrogen-bond donors (Lipinski definition) is 2. The Hall–Kier alpha value is -3.63. The standard InChI is InChI=1S/C29H28F2N4O2S2/c1-29(30,31)21-7-4-6-20(16-21)23-9-2-3-10-24(23)33-26(36)25-18-39-27(34-25)19-11-13-35(14-12-19)28(38)32-17-22-8-5-15-37-22/h2-10,15-16,18-19H,11-14,17H2,1H3,(H,32,38)(H,33,36). The van der Waals surface area contributed by atoms with Crippen molar-refractivity contribution in [2.75, 3.05) is 18.4 Å². The number of aromatic nitrogens is 1. The van der Waals surface area contributed by atoms with Gasteiger partial charge in [-0.25, -0.2) is 13.8 Å². The summed E-state index contributed by atoms with van der Waals surface area (Å²) in [5, 5.41) is 9.57. The van der Waals surface area contributed by atoms with Crippen molar-refractivity contribution in [1.82, 2.24) is 15.2 Å². The van der Waals surface area contributed by atoms with E-state index in [0.29, 0.717) is 34.2 Å². The van der Waals surface area contributed by atoms with Crippen LogP contribution in [-0.2, 0) is 12.5 Å². The summed E-state index contributed by atoms with van der Waals surface area (Å²) < 4.78 is 33.1. The molecule has 1 saturated heterocycles. The van der Waals surface area contributed by atoms with E-state index in [9.17, 15) is 13.6 Å². The first-order valence-corrected chi connectivity index (χ1v) is 14.0. The zero-order chi connectivity index (χ0) is 27.4. The average molecular weight is 567 g/mol. The van der Waals surface area contributed by atoms with Crippen molar-refractivity contribution < 1.29 is 18.0 Å². The molecular weight excluding hydrogens is 538 g/mol. The molecule has 0 saturated carbocycles. The summed E-state index contributed by atoms with van der Waals surface area (Å²) in [7, 11) is 0. The number of hydrogen-bond acceptors (Lipinski definition) is 5. The third-order valence-electron chi connectivity index (χ3n) is 6.74. The van der Waals surface area contributed by atoms with E-state index >= 15 is 0 Å². The number of para-hydroxylation sites is 1. The number of nitrogens with one attached hydrogen (secondary N) is 2. The lowest BCUT2D eigenvalue weighted by Gasteiger charge is -2.33. The number of benzene rings is 2. The molecule has 0 unspecified atom stereocenters. The number of thiazole rings is 1. The highest BCUT2D eigenvalue weighted by Gasteiger charge is 2.26. The van der Waals surface area contributed by atoms with Crippen molar-refractivity contribution in [3.8, 4) is 11.1 Å². The van der Waals surface area contributed by atoms with E-state index in [2.05, 4.69) is 20.5 Å². The maximum Gasteiger partial charge on any atom is 0.275 e. The Labute approximate surface area is 235 Å². The lowest BCUT2D eigenvalue weighted by atomic mass is 9.98. The first-order valence-electron chi connectivity index (χ1n) is 12.7. The van der Waals surface area contributed by atoms with Gasteiger partial charge in [-0.2, -0.15) is 0 Å². The number of nitrogens with zero attached hydrogens (tertiary/aromatic N) is 2. The lowest BCUT2D eigenvalue weighted by Crippen LogP contribution is -2.43. The maximum atomic E-state index is 13.9. The Kier molecular flexibility index (Phi) is 8.04. The van der Waals surface area contributed by atoms with E-state index in [0.717, 1.165) is 43.6 Å². The summed E-state index contributed by atoms with van der Waals surface area (Å²) >= 11 is 7.03. The molecule has 2 aromatic carbocycles. The molecule has 3 heterocycles. The van der Waals surface area contributed by atoms with Gasteiger partial charge in [0.1, 0.15) is 11.5 Å². The molecule has 0 radical (unpaired) electrons. The summed E-state index contributed by atoms with van der Waals surface area (Å²) in [5.74, 6) is -2.20. The number of thiocarbonyl (C=S) groups is 1. The zero-order valence-corrected chi connectivity index (χ0v) is 23.0. The highest BCUT2D eigenvalue weighted by molar-refractivity contribution is 7.80. The fraction of sp³-hybridized carbons (Fsp3) is 0.276. The van der Waals surface area contributed by atoms with E-state index < -0.39 is 5.92 Å². The second-order valence-electron chi connectivity index (χ2n) is 9.54. The van der Waals surface area contributed by atoms with Crippen LogP contribution in [0.4, 0.5) is 14.5 Å². The molecule has 2 aromatic heterocycles. The van der Waals surface area contributed by atoms with Crippen LogP contribution in [0.1, 0.15) is 52.5 Å². The SMILES string of the molecule is CC(F)(F)c1cccc(-c2ccccc2NC(=O)c2csc(C3CCN(C(=S)NCc4ccco4)CC3)n2)c1. The predicted molar refractivity (Wildman–Crippen MR) is 153 cm³/mol. The van der Waals surface area contributed by atoms with Crippen molar-refractivity contribution in [3.63, 3.8) is 0 Å². The van der Waals surface area contributed by atoms with Crippen molar-refractivity contribution in [1.29, 1.82) is 0 Å². The van der Waals surface area contributed by atoms with Crippen molar-refractivity contribution in [2.24, 2.45) is 0 Å². The minimum atomic E-state index is -2.96. The van der Waals surface area contributed by atoms with Crippen LogP contribution >= 0.6 is 23.6 Å². The topological polar surface area (TPSA) is 70.4 Å². The van der Waals surface area contributed by atoms with E-state index in [-0.39, 0.29) is 17.4 Å². The number of anilines is 1. The minimum absolute atomic E-state index is 0.0783. The molecule has 6 nitrogen and oxygen atoms in total. The van der Waals surface area contributed by atoms with Crippen LogP contribution in [0, 0.1) is 0 Å². The monoisotopic (exact) mass is 566 g/mol. The molecule has 2 N–H and O–H groups in total. The molecule has 202 valence electrons. The van der Waals surface area contributed by atoms with Gasteiger partial charge in [-0.1, -0.05) is 36.4 Å². The summed E-state index contributed by atoms with van der Waals surface area (Å²) in [6, 6.07) is 17.1. The second kappa shape index (κ2) is 11.6. The Morgan fingerprint density at radius 2 is 1.95 bits per heavy atom. The molecule has 39 heavy (non-hydrogen) atoms. The van der Waals surface area contributed by atoms with E-state index in [4.69, 9.17) is 16.6 Å². The molecule has 0 aliphatic carbocycles. The molecule has 0 atom stereocenters. The van der Waals surface area contributed by atoms with Crippen LogP contribution in [0.15, 0.2) is 76.7 Å². The highest BCUT2D eigenvalue weighted by Crippen LogP contribution is 2.34. The lowest BCUT2D eigenvalue weighted by molar-refractivity contribution is 0.0175. The number of carbonyl (C=O) groups is 1. The van der Waals surface area contributed by atoms with Crippen molar-refractivity contribution >= 4 is 40.3 Å². The van der Waals surface area contributed by atoms with Crippen molar-refractivity contribution in [3.05, 3.63) is 94.3 Å².